The average Bonchev–Trinajstić information content (AvgIpc) is 3.68. The third-order valence-electron chi connectivity index (χ3n) is 12.3. The Bertz CT molecular complexity index is 3190. The highest BCUT2D eigenvalue weighted by molar-refractivity contribution is 9.11. The number of halogens is 6. The smallest absolute Gasteiger partial charge is 0.283 e. The van der Waals surface area contributed by atoms with Gasteiger partial charge in [0.2, 0.25) is 5.91 Å². The Morgan fingerprint density at radius 2 is 0.985 bits per heavy atom. The van der Waals surface area contributed by atoms with E-state index in [0.717, 1.165) is 33.4 Å². The number of hydrogen-bond acceptors (Lipinski definition) is 11. The Morgan fingerprint density at radius 3 is 1.46 bits per heavy atom. The van der Waals surface area contributed by atoms with Crippen molar-refractivity contribution in [1.82, 2.24) is 5.32 Å². The van der Waals surface area contributed by atoms with Crippen molar-refractivity contribution in [2.24, 2.45) is 21.5 Å². The fraction of sp³-hybridized carbons (Fsp3) is 0.220. The van der Waals surface area contributed by atoms with Gasteiger partial charge >= 0.3 is 0 Å². The van der Waals surface area contributed by atoms with Crippen LogP contribution in [0.1, 0.15) is 50.1 Å². The van der Waals surface area contributed by atoms with E-state index in [1.54, 1.807) is 18.2 Å². The normalized spacial score (nSPS) is 22.0. The molecule has 0 radical (unpaired) electrons. The van der Waals surface area contributed by atoms with Crippen molar-refractivity contribution in [2.75, 3.05) is 33.0 Å². The quantitative estimate of drug-likeness (QED) is 0.134. The van der Waals surface area contributed by atoms with Crippen molar-refractivity contribution in [2.45, 2.75) is 37.4 Å². The predicted octanol–water partition coefficient (Wildman–Crippen LogP) is 10.6. The molecule has 6 aliphatic rings. The van der Waals surface area contributed by atoms with E-state index >= 15 is 0 Å². The molecule has 6 aromatic rings. The van der Waals surface area contributed by atoms with Gasteiger partial charge in [-0.2, -0.15) is 0 Å². The molecule has 1 saturated heterocycles. The van der Waals surface area contributed by atoms with Gasteiger partial charge < -0.3 is 45.2 Å². The van der Waals surface area contributed by atoms with Gasteiger partial charge in [-0.3, -0.25) is 9.79 Å². The Morgan fingerprint density at radius 1 is 0.544 bits per heavy atom. The second kappa shape index (κ2) is 17.2. The summed E-state index contributed by atoms with van der Waals surface area (Å²) in [5.41, 5.74) is 16.3. The number of carbonyl (C=O) groups is 1. The highest BCUT2D eigenvalue weighted by Crippen LogP contribution is 2.54. The summed E-state index contributed by atoms with van der Waals surface area (Å²) < 4.78 is 79.0. The molecule has 0 saturated carbocycles. The number of amidine groups is 2. The molecule has 18 heteroatoms. The minimum atomic E-state index is -0.950. The number of benzene rings is 6. The van der Waals surface area contributed by atoms with Crippen LogP contribution in [0.15, 0.2) is 114 Å². The lowest BCUT2D eigenvalue weighted by Crippen LogP contribution is -2.56. The van der Waals surface area contributed by atoms with E-state index in [0.29, 0.717) is 53.2 Å². The first-order valence-corrected chi connectivity index (χ1v) is 23.5. The second-order valence-electron chi connectivity index (χ2n) is 17.1. The number of nitrogens with zero attached hydrogens (tertiary/aromatic N) is 2. The van der Waals surface area contributed by atoms with Crippen LogP contribution in [0.25, 0.3) is 0 Å². The molecular weight excluding hydrogens is 1080 g/mol. The molecule has 12 rings (SSSR count). The molecule has 1 fully saturated rings. The molecule has 68 heavy (non-hydrogen) atoms. The van der Waals surface area contributed by atoms with Crippen molar-refractivity contribution in [1.29, 1.82) is 0 Å². The maximum Gasteiger partial charge on any atom is 0.283 e. The fourth-order valence-electron chi connectivity index (χ4n) is 9.36. The van der Waals surface area contributed by atoms with Crippen LogP contribution >= 0.6 is 47.8 Å². The molecular formula is C50H39Br3F3N5O7. The SMILES string of the molecule is Cc1ccc2c(c1)C1(COC(N)=N1)c1cc(Br)cc(F)c1O2.Cc1ccc2c(c1)[C@@]1(COCC(=O)N1)c1cc(Br)cc(F)c1O2.Cc1ccc2c(c1)[C@@]1(COCC(N)=N1)c1cc(Br)cc(F)c1O2. The van der Waals surface area contributed by atoms with Crippen LogP contribution in [-0.4, -0.2) is 50.8 Å². The van der Waals surface area contributed by atoms with Crippen LogP contribution in [0.2, 0.25) is 0 Å². The Balaban J connectivity index is 0.000000119. The van der Waals surface area contributed by atoms with Gasteiger partial charge in [-0.05, 0) is 93.6 Å². The monoisotopic (exact) mass is 1120 g/mol. The number of ether oxygens (including phenoxy) is 6. The first-order chi connectivity index (χ1) is 32.5. The number of nitrogens with two attached hydrogens (primary N) is 2. The minimum Gasteiger partial charge on any atom is -0.462 e. The Hall–Kier alpha value is -5.92. The molecule has 1 unspecified atom stereocenters. The molecule has 12 nitrogen and oxygen atoms in total. The number of rotatable bonds is 0. The molecule has 0 aromatic heterocycles. The van der Waals surface area contributed by atoms with Crippen molar-refractivity contribution in [3.05, 3.63) is 172 Å². The zero-order chi connectivity index (χ0) is 47.9. The molecule has 3 atom stereocenters. The summed E-state index contributed by atoms with van der Waals surface area (Å²) in [4.78, 5) is 21.2. The molecule has 5 N–H and O–H groups in total. The molecule has 6 aliphatic heterocycles. The predicted molar refractivity (Wildman–Crippen MR) is 257 cm³/mol. The molecule has 1 amide bonds. The van der Waals surface area contributed by atoms with Gasteiger partial charge in [0, 0.05) is 46.8 Å². The van der Waals surface area contributed by atoms with Crippen molar-refractivity contribution < 1.29 is 46.4 Å². The summed E-state index contributed by atoms with van der Waals surface area (Å²) in [5, 5.41) is 2.99. The van der Waals surface area contributed by atoms with E-state index in [1.807, 2.05) is 75.4 Å². The van der Waals surface area contributed by atoms with E-state index in [9.17, 15) is 18.0 Å². The zero-order valence-electron chi connectivity index (χ0n) is 36.4. The van der Waals surface area contributed by atoms with Crippen LogP contribution in [0.5, 0.6) is 34.5 Å². The first kappa shape index (κ1) is 45.8. The van der Waals surface area contributed by atoms with Gasteiger partial charge in [-0.15, -0.1) is 0 Å². The van der Waals surface area contributed by atoms with Crippen molar-refractivity contribution in [3.63, 3.8) is 0 Å². The first-order valence-electron chi connectivity index (χ1n) is 21.1. The number of fused-ring (bicyclic) bond motifs is 12. The lowest BCUT2D eigenvalue weighted by molar-refractivity contribution is -0.134. The summed E-state index contributed by atoms with van der Waals surface area (Å²) in [7, 11) is 0. The van der Waals surface area contributed by atoms with Crippen LogP contribution in [0, 0.1) is 38.2 Å². The highest BCUT2D eigenvalue weighted by Gasteiger charge is 2.50. The summed E-state index contributed by atoms with van der Waals surface area (Å²) in [6, 6.07) is 26.6. The maximum absolute atomic E-state index is 14.5. The Labute approximate surface area is 413 Å². The van der Waals surface area contributed by atoms with Crippen molar-refractivity contribution >= 4 is 65.6 Å². The van der Waals surface area contributed by atoms with Gasteiger partial charge in [-0.25, -0.2) is 18.2 Å². The lowest BCUT2D eigenvalue weighted by Gasteiger charge is -2.43. The minimum absolute atomic E-state index is 0.00439. The van der Waals surface area contributed by atoms with E-state index in [4.69, 9.17) is 39.9 Å². The third kappa shape index (κ3) is 7.79. The zero-order valence-corrected chi connectivity index (χ0v) is 41.1. The molecule has 0 aliphatic carbocycles. The summed E-state index contributed by atoms with van der Waals surface area (Å²) >= 11 is 9.98. The lowest BCUT2D eigenvalue weighted by atomic mass is 9.79. The standard InChI is InChI=1S/C17H14BrFN2O2.C17H13BrFNO3.C16H12BrFN2O2/c1-9-2-3-14-11(4-9)17(8-22-7-15(20)21-17)12-5-10(18)6-13(19)16(12)23-14;1-9-2-3-14-11(4-9)17(8-22-7-15(21)20-17)12-5-10(18)6-13(19)16(12)23-14;1-8-2-3-13-10(4-8)16(7-21-15(19)20-16)11-5-9(17)6-12(18)14(11)22-13/h2-6H,7-8H2,1H3,(H2,20,21);2-6H,7-8H2,1H3,(H,20,21);2-6H,7H2,1H3,(H2,19,20)/t2*17-;/m00./s1. The molecule has 3 spiro atoms. The number of aryl methyl sites for hydroxylation is 3. The van der Waals surface area contributed by atoms with Gasteiger partial charge in [0.1, 0.15) is 54.0 Å². The van der Waals surface area contributed by atoms with E-state index in [1.165, 1.54) is 18.2 Å². The van der Waals surface area contributed by atoms with E-state index in [2.05, 4.69) is 63.1 Å². The number of amides is 1. The average molecular weight is 1120 g/mol. The number of nitrogens with one attached hydrogen (secondary N) is 1. The fourth-order valence-corrected chi connectivity index (χ4v) is 10.7. The van der Waals surface area contributed by atoms with Gasteiger partial charge in [-0.1, -0.05) is 82.7 Å². The summed E-state index contributed by atoms with van der Waals surface area (Å²) in [6.45, 7) is 6.93. The van der Waals surface area contributed by atoms with E-state index in [-0.39, 0.29) is 62.2 Å². The summed E-state index contributed by atoms with van der Waals surface area (Å²) in [5.74, 6) is 0.898. The molecule has 0 bridgehead atoms. The second-order valence-corrected chi connectivity index (χ2v) is 19.8. The Kier molecular flexibility index (Phi) is 11.6. The van der Waals surface area contributed by atoms with Gasteiger partial charge in [0.05, 0.1) is 13.2 Å². The number of hydrogen-bond donors (Lipinski definition) is 3. The van der Waals surface area contributed by atoms with Crippen LogP contribution in [-0.2, 0) is 35.6 Å². The van der Waals surface area contributed by atoms with Crippen LogP contribution in [0.3, 0.4) is 0 Å². The number of carbonyl (C=O) groups excluding carboxylic acids is 1. The van der Waals surface area contributed by atoms with E-state index < -0.39 is 34.1 Å². The molecule has 348 valence electrons. The molecule has 6 aromatic carbocycles. The van der Waals surface area contributed by atoms with Crippen LogP contribution < -0.4 is 31.0 Å². The number of morpholine rings is 1. The van der Waals surface area contributed by atoms with Crippen molar-refractivity contribution in [3.8, 4) is 34.5 Å². The highest BCUT2D eigenvalue weighted by atomic mass is 79.9. The topological polar surface area (TPSA) is 161 Å². The number of aliphatic imine (C=N–C) groups is 2. The van der Waals surface area contributed by atoms with Gasteiger partial charge in [0.25, 0.3) is 6.02 Å². The molecule has 6 heterocycles. The largest absolute Gasteiger partial charge is 0.462 e. The van der Waals surface area contributed by atoms with Crippen LogP contribution in [0.4, 0.5) is 13.2 Å². The summed E-state index contributed by atoms with van der Waals surface area (Å²) in [6.07, 6.45) is 0. The third-order valence-corrected chi connectivity index (χ3v) is 13.7. The van der Waals surface area contributed by atoms with Gasteiger partial charge in [0.15, 0.2) is 40.2 Å². The maximum atomic E-state index is 14.5.